The second-order valence-corrected chi connectivity index (χ2v) is 3.33. The van der Waals surface area contributed by atoms with E-state index in [-0.39, 0.29) is 12.4 Å². The lowest BCUT2D eigenvalue weighted by Crippen LogP contribution is -1.99. The van der Waals surface area contributed by atoms with Crippen LogP contribution in [0.2, 0.25) is 0 Å². The third-order valence-electron chi connectivity index (χ3n) is 2.20. The molecule has 0 aromatic heterocycles. The number of unbranched alkanes of at least 4 members (excludes halogenated alkanes) is 1. The van der Waals surface area contributed by atoms with E-state index in [0.717, 1.165) is 24.8 Å². The van der Waals surface area contributed by atoms with Crippen LogP contribution in [0.4, 0.5) is 4.39 Å². The lowest BCUT2D eigenvalue weighted by Gasteiger charge is -2.04. The molecule has 78 valence electrons. The average molecular weight is 197 g/mol. The standard InChI is InChI=1S/C11H16FNO/c12-11-5-4-9(3-1-2-6-13)7-10(11)8-14/h4-5,7,14H,1-3,6,8,13H2. The lowest BCUT2D eigenvalue weighted by atomic mass is 10.1. The zero-order chi connectivity index (χ0) is 10.4. The second kappa shape index (κ2) is 5.73. The minimum absolute atomic E-state index is 0.240. The number of benzene rings is 1. The van der Waals surface area contributed by atoms with Crippen LogP contribution in [0, 0.1) is 5.82 Å². The lowest BCUT2D eigenvalue weighted by molar-refractivity contribution is 0.275. The maximum Gasteiger partial charge on any atom is 0.128 e. The Kier molecular flexibility index (Phi) is 4.56. The molecule has 0 spiro atoms. The molecular formula is C11H16FNO. The van der Waals surface area contributed by atoms with Crippen molar-refractivity contribution in [2.24, 2.45) is 5.73 Å². The van der Waals surface area contributed by atoms with Gasteiger partial charge in [0.1, 0.15) is 5.82 Å². The van der Waals surface area contributed by atoms with Crippen LogP contribution in [-0.2, 0) is 13.0 Å². The normalized spacial score (nSPS) is 10.5. The van der Waals surface area contributed by atoms with Crippen LogP contribution in [-0.4, -0.2) is 11.7 Å². The quantitative estimate of drug-likeness (QED) is 0.704. The highest BCUT2D eigenvalue weighted by Gasteiger charge is 2.01. The molecule has 0 amide bonds. The zero-order valence-electron chi connectivity index (χ0n) is 8.17. The van der Waals surface area contributed by atoms with Crippen molar-refractivity contribution in [1.29, 1.82) is 0 Å². The molecule has 0 atom stereocenters. The Morgan fingerprint density at radius 3 is 2.71 bits per heavy atom. The second-order valence-electron chi connectivity index (χ2n) is 3.33. The molecule has 2 nitrogen and oxygen atoms in total. The highest BCUT2D eigenvalue weighted by Crippen LogP contribution is 2.12. The van der Waals surface area contributed by atoms with E-state index < -0.39 is 0 Å². The molecule has 0 radical (unpaired) electrons. The molecule has 0 fully saturated rings. The van der Waals surface area contributed by atoms with E-state index in [2.05, 4.69) is 0 Å². The summed E-state index contributed by atoms with van der Waals surface area (Å²) in [5, 5.41) is 8.85. The molecule has 0 unspecified atom stereocenters. The van der Waals surface area contributed by atoms with Gasteiger partial charge in [0.15, 0.2) is 0 Å². The Morgan fingerprint density at radius 1 is 1.29 bits per heavy atom. The van der Waals surface area contributed by atoms with E-state index in [4.69, 9.17) is 10.8 Å². The van der Waals surface area contributed by atoms with Gasteiger partial charge in [0.05, 0.1) is 6.61 Å². The zero-order valence-corrected chi connectivity index (χ0v) is 8.17. The minimum atomic E-state index is -0.338. The molecule has 1 aromatic rings. The number of rotatable bonds is 5. The van der Waals surface area contributed by atoms with E-state index in [9.17, 15) is 4.39 Å². The number of aryl methyl sites for hydroxylation is 1. The van der Waals surface area contributed by atoms with Crippen molar-refractivity contribution in [1.82, 2.24) is 0 Å². The molecule has 1 aromatic carbocycles. The van der Waals surface area contributed by atoms with Gasteiger partial charge in [-0.25, -0.2) is 4.39 Å². The fourth-order valence-electron chi connectivity index (χ4n) is 1.38. The van der Waals surface area contributed by atoms with E-state index in [1.54, 1.807) is 12.1 Å². The molecule has 0 bridgehead atoms. The SMILES string of the molecule is NCCCCc1ccc(F)c(CO)c1. The minimum Gasteiger partial charge on any atom is -0.392 e. The van der Waals surface area contributed by atoms with Crippen LogP contribution in [0.1, 0.15) is 24.0 Å². The summed E-state index contributed by atoms with van der Waals surface area (Å²) >= 11 is 0. The topological polar surface area (TPSA) is 46.2 Å². The summed E-state index contributed by atoms with van der Waals surface area (Å²) in [6, 6.07) is 4.88. The number of halogens is 1. The van der Waals surface area contributed by atoms with E-state index >= 15 is 0 Å². The fraction of sp³-hybridized carbons (Fsp3) is 0.455. The van der Waals surface area contributed by atoms with Crippen molar-refractivity contribution in [3.8, 4) is 0 Å². The fourth-order valence-corrected chi connectivity index (χ4v) is 1.38. The Balaban J connectivity index is 2.60. The summed E-state index contributed by atoms with van der Waals surface area (Å²) < 4.78 is 13.0. The van der Waals surface area contributed by atoms with Crippen LogP contribution in [0.25, 0.3) is 0 Å². The number of nitrogens with two attached hydrogens (primary N) is 1. The molecule has 0 saturated heterocycles. The van der Waals surface area contributed by atoms with Crippen LogP contribution >= 0.6 is 0 Å². The first kappa shape index (κ1) is 11.1. The number of aliphatic hydroxyl groups is 1. The molecule has 14 heavy (non-hydrogen) atoms. The van der Waals surface area contributed by atoms with E-state index in [1.165, 1.54) is 6.07 Å². The maximum atomic E-state index is 13.0. The molecule has 1 rings (SSSR count). The first-order chi connectivity index (χ1) is 6.77. The number of hydrogen-bond acceptors (Lipinski definition) is 2. The Hall–Kier alpha value is -0.930. The predicted octanol–water partition coefficient (Wildman–Crippen LogP) is 1.60. The summed E-state index contributed by atoms with van der Waals surface area (Å²) in [6.45, 7) is 0.449. The van der Waals surface area contributed by atoms with Gasteiger partial charge in [0.25, 0.3) is 0 Å². The summed E-state index contributed by atoms with van der Waals surface area (Å²) in [7, 11) is 0. The Bertz CT molecular complexity index is 289. The van der Waals surface area contributed by atoms with Gasteiger partial charge in [-0.05, 0) is 37.4 Å². The molecule has 0 aliphatic carbocycles. The third kappa shape index (κ3) is 3.09. The first-order valence-electron chi connectivity index (χ1n) is 4.86. The van der Waals surface area contributed by atoms with Gasteiger partial charge in [0.2, 0.25) is 0 Å². The first-order valence-corrected chi connectivity index (χ1v) is 4.86. The molecule has 0 aliphatic rings. The highest BCUT2D eigenvalue weighted by molar-refractivity contribution is 5.24. The number of hydrogen-bond donors (Lipinski definition) is 2. The largest absolute Gasteiger partial charge is 0.392 e. The molecule has 0 aliphatic heterocycles. The average Bonchev–Trinajstić information content (AvgIpc) is 2.21. The molecule has 0 heterocycles. The predicted molar refractivity (Wildman–Crippen MR) is 54.3 cm³/mol. The van der Waals surface area contributed by atoms with E-state index in [1.807, 2.05) is 0 Å². The smallest absolute Gasteiger partial charge is 0.128 e. The van der Waals surface area contributed by atoms with E-state index in [0.29, 0.717) is 12.1 Å². The van der Waals surface area contributed by atoms with Crippen LogP contribution in [0.15, 0.2) is 18.2 Å². The van der Waals surface area contributed by atoms with Gasteiger partial charge < -0.3 is 10.8 Å². The molecule has 3 heteroatoms. The van der Waals surface area contributed by atoms with Gasteiger partial charge in [-0.2, -0.15) is 0 Å². The van der Waals surface area contributed by atoms with Gasteiger partial charge in [-0.3, -0.25) is 0 Å². The Morgan fingerprint density at radius 2 is 2.07 bits per heavy atom. The van der Waals surface area contributed by atoms with Gasteiger partial charge in [0, 0.05) is 5.56 Å². The number of aliphatic hydroxyl groups excluding tert-OH is 1. The van der Waals surface area contributed by atoms with Gasteiger partial charge in [-0.15, -0.1) is 0 Å². The summed E-state index contributed by atoms with van der Waals surface area (Å²) in [4.78, 5) is 0. The van der Waals surface area contributed by atoms with Gasteiger partial charge >= 0.3 is 0 Å². The van der Waals surface area contributed by atoms with Crippen molar-refractivity contribution in [3.05, 3.63) is 35.1 Å². The van der Waals surface area contributed by atoms with Crippen LogP contribution < -0.4 is 5.73 Å². The Labute approximate surface area is 83.6 Å². The molecular weight excluding hydrogens is 181 g/mol. The summed E-state index contributed by atoms with van der Waals surface area (Å²) in [5.41, 5.74) is 6.80. The van der Waals surface area contributed by atoms with Crippen molar-refractivity contribution in [2.75, 3.05) is 6.54 Å². The highest BCUT2D eigenvalue weighted by atomic mass is 19.1. The van der Waals surface area contributed by atoms with Crippen molar-refractivity contribution in [2.45, 2.75) is 25.9 Å². The van der Waals surface area contributed by atoms with Crippen molar-refractivity contribution >= 4 is 0 Å². The monoisotopic (exact) mass is 197 g/mol. The van der Waals surface area contributed by atoms with Crippen molar-refractivity contribution < 1.29 is 9.50 Å². The summed E-state index contributed by atoms with van der Waals surface area (Å²) in [5.74, 6) is -0.338. The van der Waals surface area contributed by atoms with Gasteiger partial charge in [-0.1, -0.05) is 12.1 Å². The maximum absolute atomic E-state index is 13.0. The summed E-state index contributed by atoms with van der Waals surface area (Å²) in [6.07, 6.45) is 2.88. The van der Waals surface area contributed by atoms with Crippen LogP contribution in [0.5, 0.6) is 0 Å². The van der Waals surface area contributed by atoms with Crippen molar-refractivity contribution in [3.63, 3.8) is 0 Å². The molecule has 3 N–H and O–H groups in total. The third-order valence-corrected chi connectivity index (χ3v) is 2.20. The van der Waals surface area contributed by atoms with Crippen LogP contribution in [0.3, 0.4) is 0 Å². The molecule has 0 saturated carbocycles.